The molecule has 0 saturated carbocycles. The van der Waals surface area contributed by atoms with Gasteiger partial charge in [0.25, 0.3) is 5.56 Å². The number of amides is 3. The van der Waals surface area contributed by atoms with Gasteiger partial charge >= 0.3 is 6.03 Å². The first-order valence-corrected chi connectivity index (χ1v) is 10.7. The van der Waals surface area contributed by atoms with Crippen molar-refractivity contribution in [1.29, 1.82) is 0 Å². The monoisotopic (exact) mass is 434 g/mol. The molecule has 1 saturated heterocycles. The van der Waals surface area contributed by atoms with Gasteiger partial charge in [0, 0.05) is 13.1 Å². The fourth-order valence-corrected chi connectivity index (χ4v) is 4.53. The van der Waals surface area contributed by atoms with E-state index in [0.29, 0.717) is 34.9 Å². The molecule has 0 aliphatic carbocycles. The number of hydrogen-bond donors (Lipinski definition) is 1. The average Bonchev–Trinajstić information content (AvgIpc) is 3.40. The SMILES string of the molecule is Cc1ccccc1-n1c(=O)c2ccccc2n2c(SCC(=O)N3CCNC3=O)nnc12. The summed E-state index contributed by atoms with van der Waals surface area (Å²) in [5.74, 6) is 0.103. The number of benzene rings is 2. The molecule has 9 nitrogen and oxygen atoms in total. The average molecular weight is 434 g/mol. The second kappa shape index (κ2) is 7.55. The lowest BCUT2D eigenvalue weighted by molar-refractivity contribution is -0.124. The number of carbonyl (C=O) groups excluding carboxylic acids is 2. The van der Waals surface area contributed by atoms with Crippen molar-refractivity contribution in [2.24, 2.45) is 0 Å². The van der Waals surface area contributed by atoms with Crippen LogP contribution in [0.1, 0.15) is 5.56 Å². The second-order valence-electron chi connectivity index (χ2n) is 7.13. The lowest BCUT2D eigenvalue weighted by Crippen LogP contribution is -2.35. The number of para-hydroxylation sites is 2. The van der Waals surface area contributed by atoms with E-state index in [-0.39, 0.29) is 23.3 Å². The van der Waals surface area contributed by atoms with Crippen molar-refractivity contribution in [2.75, 3.05) is 18.8 Å². The van der Waals surface area contributed by atoms with Gasteiger partial charge in [-0.1, -0.05) is 42.1 Å². The first-order chi connectivity index (χ1) is 15.1. The molecule has 3 heterocycles. The first-order valence-electron chi connectivity index (χ1n) is 9.72. The van der Waals surface area contributed by atoms with Gasteiger partial charge in [-0.25, -0.2) is 9.36 Å². The predicted molar refractivity (Wildman–Crippen MR) is 117 cm³/mol. The molecular formula is C21H18N6O3S. The van der Waals surface area contributed by atoms with Crippen LogP contribution in [0.15, 0.2) is 58.5 Å². The molecule has 31 heavy (non-hydrogen) atoms. The molecule has 1 aliphatic heterocycles. The molecule has 0 bridgehead atoms. The van der Waals surface area contributed by atoms with Gasteiger partial charge in [-0.05, 0) is 30.7 Å². The van der Waals surface area contributed by atoms with Gasteiger partial charge in [0.1, 0.15) is 0 Å². The lowest BCUT2D eigenvalue weighted by Gasteiger charge is -2.13. The van der Waals surface area contributed by atoms with Gasteiger partial charge in [0.15, 0.2) is 5.16 Å². The highest BCUT2D eigenvalue weighted by Crippen LogP contribution is 2.24. The van der Waals surface area contributed by atoms with E-state index in [9.17, 15) is 14.4 Å². The molecule has 0 radical (unpaired) electrons. The van der Waals surface area contributed by atoms with E-state index in [1.807, 2.05) is 49.4 Å². The van der Waals surface area contributed by atoms with Crippen LogP contribution >= 0.6 is 11.8 Å². The summed E-state index contributed by atoms with van der Waals surface area (Å²) < 4.78 is 3.33. The molecule has 10 heteroatoms. The molecular weight excluding hydrogens is 416 g/mol. The molecule has 2 aromatic heterocycles. The highest BCUT2D eigenvalue weighted by Gasteiger charge is 2.27. The number of thioether (sulfide) groups is 1. The maximum Gasteiger partial charge on any atom is 0.324 e. The van der Waals surface area contributed by atoms with Crippen LogP contribution in [0.25, 0.3) is 22.4 Å². The molecule has 1 aliphatic rings. The molecule has 5 rings (SSSR count). The van der Waals surface area contributed by atoms with E-state index >= 15 is 0 Å². The first kappa shape index (κ1) is 19.3. The Hall–Kier alpha value is -3.66. The minimum Gasteiger partial charge on any atom is -0.336 e. The number of aromatic nitrogens is 4. The van der Waals surface area contributed by atoms with Crippen molar-refractivity contribution in [1.82, 2.24) is 29.4 Å². The van der Waals surface area contributed by atoms with E-state index in [1.165, 1.54) is 16.7 Å². The summed E-state index contributed by atoms with van der Waals surface area (Å²) >= 11 is 1.19. The summed E-state index contributed by atoms with van der Waals surface area (Å²) in [6, 6.07) is 14.4. The van der Waals surface area contributed by atoms with Crippen LogP contribution in [0.5, 0.6) is 0 Å². The Labute approximate surface area is 180 Å². The summed E-state index contributed by atoms with van der Waals surface area (Å²) in [5.41, 5.74) is 2.11. The summed E-state index contributed by atoms with van der Waals surface area (Å²) in [6.45, 7) is 2.74. The third kappa shape index (κ3) is 3.15. The van der Waals surface area contributed by atoms with Crippen molar-refractivity contribution >= 4 is 40.4 Å². The Bertz CT molecular complexity index is 1410. The zero-order chi connectivity index (χ0) is 21.5. The standard InChI is InChI=1S/C21H18N6O3S/c1-13-6-2-4-8-15(13)26-18(29)14-7-3-5-9-16(14)27-19(26)23-24-21(27)31-12-17(28)25-11-10-22-20(25)30/h2-9H,10-12H2,1H3,(H,22,30). The number of imide groups is 1. The van der Waals surface area contributed by atoms with Crippen LogP contribution in [-0.4, -0.2) is 54.8 Å². The molecule has 2 aromatic carbocycles. The summed E-state index contributed by atoms with van der Waals surface area (Å²) in [5, 5.41) is 12.2. The van der Waals surface area contributed by atoms with Crippen molar-refractivity contribution in [2.45, 2.75) is 12.1 Å². The van der Waals surface area contributed by atoms with Crippen molar-refractivity contribution in [3.63, 3.8) is 0 Å². The summed E-state index contributed by atoms with van der Waals surface area (Å²) in [4.78, 5) is 38.8. The van der Waals surface area contributed by atoms with Crippen LogP contribution < -0.4 is 10.9 Å². The zero-order valence-electron chi connectivity index (χ0n) is 16.6. The second-order valence-corrected chi connectivity index (χ2v) is 8.07. The molecule has 4 aromatic rings. The Morgan fingerprint density at radius 2 is 1.87 bits per heavy atom. The Kier molecular flexibility index (Phi) is 4.70. The van der Waals surface area contributed by atoms with Gasteiger partial charge in [-0.15, -0.1) is 10.2 Å². The molecule has 0 spiro atoms. The quantitative estimate of drug-likeness (QED) is 0.493. The normalized spacial score (nSPS) is 13.8. The van der Waals surface area contributed by atoms with Crippen LogP contribution in [0.2, 0.25) is 0 Å². The van der Waals surface area contributed by atoms with Gasteiger partial charge in [0.05, 0.1) is 22.3 Å². The number of urea groups is 1. The highest BCUT2D eigenvalue weighted by atomic mass is 32.2. The predicted octanol–water partition coefficient (Wildman–Crippen LogP) is 1.99. The third-order valence-corrected chi connectivity index (χ3v) is 6.15. The maximum atomic E-state index is 13.4. The number of aryl methyl sites for hydroxylation is 1. The van der Waals surface area contributed by atoms with Crippen LogP contribution in [0.4, 0.5) is 4.79 Å². The molecule has 1 fully saturated rings. The minimum absolute atomic E-state index is 0.0338. The summed E-state index contributed by atoms with van der Waals surface area (Å²) in [6.07, 6.45) is 0. The van der Waals surface area contributed by atoms with Crippen molar-refractivity contribution in [3.05, 3.63) is 64.4 Å². The summed E-state index contributed by atoms with van der Waals surface area (Å²) in [7, 11) is 0. The lowest BCUT2D eigenvalue weighted by atomic mass is 10.2. The molecule has 3 amide bonds. The van der Waals surface area contributed by atoms with E-state index in [2.05, 4.69) is 15.5 Å². The number of rotatable bonds is 4. The van der Waals surface area contributed by atoms with Gasteiger partial charge < -0.3 is 5.32 Å². The molecule has 0 unspecified atom stereocenters. The molecule has 0 atom stereocenters. The van der Waals surface area contributed by atoms with Gasteiger partial charge in [-0.3, -0.25) is 18.9 Å². The zero-order valence-corrected chi connectivity index (χ0v) is 17.4. The Balaban J connectivity index is 1.65. The fourth-order valence-electron chi connectivity index (χ4n) is 3.72. The van der Waals surface area contributed by atoms with E-state index < -0.39 is 0 Å². The Morgan fingerprint density at radius 3 is 2.65 bits per heavy atom. The van der Waals surface area contributed by atoms with Crippen molar-refractivity contribution < 1.29 is 9.59 Å². The van der Waals surface area contributed by atoms with Crippen LogP contribution in [-0.2, 0) is 4.79 Å². The fraction of sp³-hybridized carbons (Fsp3) is 0.190. The van der Waals surface area contributed by atoms with Gasteiger partial charge in [0.2, 0.25) is 11.7 Å². The number of fused-ring (bicyclic) bond motifs is 3. The number of hydrogen-bond acceptors (Lipinski definition) is 6. The van der Waals surface area contributed by atoms with Crippen LogP contribution in [0.3, 0.4) is 0 Å². The third-order valence-electron chi connectivity index (χ3n) is 5.23. The van der Waals surface area contributed by atoms with Crippen LogP contribution in [0, 0.1) is 6.92 Å². The Morgan fingerprint density at radius 1 is 1.10 bits per heavy atom. The van der Waals surface area contributed by atoms with E-state index in [0.717, 1.165) is 11.3 Å². The minimum atomic E-state index is -0.379. The smallest absolute Gasteiger partial charge is 0.324 e. The molecule has 1 N–H and O–H groups in total. The number of nitrogens with one attached hydrogen (secondary N) is 1. The van der Waals surface area contributed by atoms with Crippen molar-refractivity contribution in [3.8, 4) is 5.69 Å². The van der Waals surface area contributed by atoms with E-state index in [1.54, 1.807) is 15.0 Å². The highest BCUT2D eigenvalue weighted by molar-refractivity contribution is 7.99. The number of carbonyl (C=O) groups is 2. The van der Waals surface area contributed by atoms with Gasteiger partial charge in [-0.2, -0.15) is 0 Å². The molecule has 156 valence electrons. The number of nitrogens with zero attached hydrogens (tertiary/aromatic N) is 5. The topological polar surface area (TPSA) is 102 Å². The van der Waals surface area contributed by atoms with E-state index in [4.69, 9.17) is 0 Å². The maximum absolute atomic E-state index is 13.4. The largest absolute Gasteiger partial charge is 0.336 e.